The van der Waals surface area contributed by atoms with Gasteiger partial charge in [-0.2, -0.15) is 5.10 Å². The summed E-state index contributed by atoms with van der Waals surface area (Å²) in [6, 6.07) is 5.00. The van der Waals surface area contributed by atoms with Gasteiger partial charge in [-0.25, -0.2) is 8.78 Å². The number of rotatable bonds is 3. The maximum atomic E-state index is 13.9. The number of anilines is 2. The number of hydrogen-bond donors (Lipinski definition) is 1. The van der Waals surface area contributed by atoms with Gasteiger partial charge in [0.15, 0.2) is 5.82 Å². The summed E-state index contributed by atoms with van der Waals surface area (Å²) in [5, 5.41) is 7.70. The number of aromatic nitrogens is 3. The van der Waals surface area contributed by atoms with Crippen molar-refractivity contribution in [1.29, 1.82) is 0 Å². The van der Waals surface area contributed by atoms with E-state index in [2.05, 4.69) is 15.4 Å². The molecule has 4 rings (SSSR count). The topological polar surface area (TPSA) is 63.1 Å². The molecule has 1 atom stereocenters. The third-order valence-electron chi connectivity index (χ3n) is 4.55. The summed E-state index contributed by atoms with van der Waals surface area (Å²) in [4.78, 5) is 18.4. The molecule has 2 aromatic heterocycles. The Morgan fingerprint density at radius 1 is 1.27 bits per heavy atom. The number of amides is 1. The minimum atomic E-state index is -0.728. The normalized spacial score (nSPS) is 17.3. The van der Waals surface area contributed by atoms with Gasteiger partial charge < -0.3 is 5.32 Å². The lowest BCUT2D eigenvalue weighted by Crippen LogP contribution is -2.34. The number of aryl methyl sites for hydroxylation is 2. The van der Waals surface area contributed by atoms with Crippen LogP contribution >= 0.6 is 0 Å². The zero-order valence-electron chi connectivity index (χ0n) is 14.3. The summed E-state index contributed by atoms with van der Waals surface area (Å²) in [7, 11) is 1.79. The highest BCUT2D eigenvalue weighted by molar-refractivity contribution is 6.02. The molecule has 0 spiro atoms. The Hall–Kier alpha value is -3.03. The first-order chi connectivity index (χ1) is 12.4. The molecular formula is C18H17F2N5O. The van der Waals surface area contributed by atoms with Gasteiger partial charge in [0.25, 0.3) is 5.91 Å². The summed E-state index contributed by atoms with van der Waals surface area (Å²) in [6.07, 6.45) is 2.01. The second-order valence-corrected chi connectivity index (χ2v) is 6.39. The molecule has 1 amide bonds. The third kappa shape index (κ3) is 2.67. The second kappa shape index (κ2) is 6.05. The van der Waals surface area contributed by atoms with Crippen LogP contribution in [-0.4, -0.2) is 33.3 Å². The van der Waals surface area contributed by atoms with E-state index in [-0.39, 0.29) is 11.4 Å². The molecule has 3 aromatic rings. The number of nitrogens with zero attached hydrogens (tertiary/aromatic N) is 4. The van der Waals surface area contributed by atoms with Crippen molar-refractivity contribution < 1.29 is 13.6 Å². The first-order valence-corrected chi connectivity index (χ1v) is 8.26. The molecule has 1 N–H and O–H groups in total. The number of benzene rings is 1. The zero-order valence-corrected chi connectivity index (χ0v) is 14.3. The largest absolute Gasteiger partial charge is 0.373 e. The van der Waals surface area contributed by atoms with Crippen LogP contribution in [0.1, 0.15) is 12.1 Å². The van der Waals surface area contributed by atoms with E-state index < -0.39 is 17.7 Å². The number of hydrogen-bond acceptors (Lipinski definition) is 4. The van der Waals surface area contributed by atoms with Gasteiger partial charge in [-0.3, -0.25) is 19.4 Å². The first-order valence-electron chi connectivity index (χ1n) is 8.26. The molecule has 26 heavy (non-hydrogen) atoms. The lowest BCUT2D eigenvalue weighted by Gasteiger charge is -2.18. The monoisotopic (exact) mass is 357 g/mol. The fourth-order valence-corrected chi connectivity index (χ4v) is 3.38. The highest BCUT2D eigenvalue weighted by Crippen LogP contribution is 2.28. The molecule has 0 aliphatic carbocycles. The summed E-state index contributed by atoms with van der Waals surface area (Å²) in [6.45, 7) is 2.41. The van der Waals surface area contributed by atoms with Crippen molar-refractivity contribution in [2.75, 3.05) is 16.8 Å². The van der Waals surface area contributed by atoms with Gasteiger partial charge in [0.1, 0.15) is 23.2 Å². The van der Waals surface area contributed by atoms with E-state index in [1.807, 2.05) is 13.0 Å². The van der Waals surface area contributed by atoms with Gasteiger partial charge >= 0.3 is 0 Å². The molecular weight excluding hydrogens is 340 g/mol. The number of fused-ring (bicyclic) bond motifs is 1. The fraction of sp³-hybridized carbons (Fsp3) is 0.278. The maximum Gasteiger partial charge on any atom is 0.250 e. The van der Waals surface area contributed by atoms with Gasteiger partial charge in [-0.15, -0.1) is 0 Å². The van der Waals surface area contributed by atoms with E-state index in [1.54, 1.807) is 22.7 Å². The molecule has 0 saturated carbocycles. The smallest absolute Gasteiger partial charge is 0.250 e. The van der Waals surface area contributed by atoms with E-state index in [9.17, 15) is 13.6 Å². The number of nitrogens with one attached hydrogen (secondary N) is 1. The molecule has 8 heteroatoms. The van der Waals surface area contributed by atoms with E-state index >= 15 is 0 Å². The Morgan fingerprint density at radius 2 is 2.08 bits per heavy atom. The fourth-order valence-electron chi connectivity index (χ4n) is 3.38. The van der Waals surface area contributed by atoms with Crippen molar-refractivity contribution in [3.05, 3.63) is 47.8 Å². The molecule has 134 valence electrons. The van der Waals surface area contributed by atoms with Crippen molar-refractivity contribution in [2.45, 2.75) is 19.4 Å². The number of carbonyl (C=O) groups excluding carboxylic acids is 1. The summed E-state index contributed by atoms with van der Waals surface area (Å²) in [5.41, 5.74) is 1.38. The molecule has 1 unspecified atom stereocenters. The minimum absolute atomic E-state index is 0.0703. The second-order valence-electron chi connectivity index (χ2n) is 6.39. The molecule has 1 aliphatic heterocycles. The van der Waals surface area contributed by atoms with E-state index in [0.717, 1.165) is 17.6 Å². The summed E-state index contributed by atoms with van der Waals surface area (Å²) in [5.74, 6) is -0.785. The molecule has 3 heterocycles. The van der Waals surface area contributed by atoms with Crippen molar-refractivity contribution in [3.8, 4) is 0 Å². The van der Waals surface area contributed by atoms with Crippen LogP contribution < -0.4 is 10.2 Å². The van der Waals surface area contributed by atoms with Crippen molar-refractivity contribution in [2.24, 2.45) is 7.05 Å². The van der Waals surface area contributed by atoms with Crippen LogP contribution in [0, 0.1) is 18.6 Å². The third-order valence-corrected chi connectivity index (χ3v) is 4.55. The molecule has 1 aliphatic rings. The Morgan fingerprint density at radius 3 is 2.81 bits per heavy atom. The van der Waals surface area contributed by atoms with Crippen molar-refractivity contribution in [3.63, 3.8) is 0 Å². The Bertz CT molecular complexity index is 1020. The average Bonchev–Trinajstić information content (AvgIpc) is 3.10. The number of halogens is 2. The zero-order chi connectivity index (χ0) is 18.4. The average molecular weight is 357 g/mol. The van der Waals surface area contributed by atoms with E-state index in [0.29, 0.717) is 24.0 Å². The first kappa shape index (κ1) is 16.4. The summed E-state index contributed by atoms with van der Waals surface area (Å²) >= 11 is 0. The SMILES string of the molecule is Cc1cc(N2CCC(Nc3ccnc4c(F)cc(F)cc34)C2=O)n(C)n1. The number of pyridine rings is 1. The lowest BCUT2D eigenvalue weighted by atomic mass is 10.1. The molecule has 0 radical (unpaired) electrons. The van der Waals surface area contributed by atoms with E-state index in [1.165, 1.54) is 12.3 Å². The molecule has 1 fully saturated rings. The Kier molecular flexibility index (Phi) is 3.82. The lowest BCUT2D eigenvalue weighted by molar-refractivity contribution is -0.117. The predicted molar refractivity (Wildman–Crippen MR) is 94.0 cm³/mol. The molecule has 1 aromatic carbocycles. The van der Waals surface area contributed by atoms with Gasteiger partial charge in [0, 0.05) is 43.0 Å². The van der Waals surface area contributed by atoms with Gasteiger partial charge in [0.2, 0.25) is 0 Å². The maximum absolute atomic E-state index is 13.9. The highest BCUT2D eigenvalue weighted by atomic mass is 19.1. The van der Waals surface area contributed by atoms with Crippen LogP contribution in [0.3, 0.4) is 0 Å². The number of carbonyl (C=O) groups is 1. The molecule has 0 bridgehead atoms. The van der Waals surface area contributed by atoms with Crippen LogP contribution in [-0.2, 0) is 11.8 Å². The van der Waals surface area contributed by atoms with Gasteiger partial charge in [-0.05, 0) is 25.5 Å². The molecule has 6 nitrogen and oxygen atoms in total. The van der Waals surface area contributed by atoms with Gasteiger partial charge in [0.05, 0.1) is 5.69 Å². The Labute approximate surface area is 148 Å². The van der Waals surface area contributed by atoms with Crippen LogP contribution in [0.2, 0.25) is 0 Å². The van der Waals surface area contributed by atoms with Crippen molar-refractivity contribution in [1.82, 2.24) is 14.8 Å². The summed E-state index contributed by atoms with van der Waals surface area (Å²) < 4.78 is 29.2. The molecule has 1 saturated heterocycles. The standard InChI is InChI=1S/C18H17F2N5O/c1-10-7-16(24(2)23-10)25-6-4-15(18(25)26)22-14-3-5-21-17-12(14)8-11(19)9-13(17)20/h3,5,7-9,15H,4,6H2,1-2H3,(H,21,22). The van der Waals surface area contributed by atoms with E-state index in [4.69, 9.17) is 0 Å². The van der Waals surface area contributed by atoms with Crippen LogP contribution in [0.25, 0.3) is 10.9 Å². The quantitative estimate of drug-likeness (QED) is 0.783. The minimum Gasteiger partial charge on any atom is -0.373 e. The van der Waals surface area contributed by atoms with Gasteiger partial charge in [-0.1, -0.05) is 0 Å². The van der Waals surface area contributed by atoms with Crippen LogP contribution in [0.15, 0.2) is 30.5 Å². The van der Waals surface area contributed by atoms with Crippen LogP contribution in [0.4, 0.5) is 20.3 Å². The Balaban J connectivity index is 1.64. The van der Waals surface area contributed by atoms with Crippen molar-refractivity contribution >= 4 is 28.3 Å². The predicted octanol–water partition coefficient (Wildman–Crippen LogP) is 2.77. The highest BCUT2D eigenvalue weighted by Gasteiger charge is 2.34. The van der Waals surface area contributed by atoms with Crippen LogP contribution in [0.5, 0.6) is 0 Å².